The number of morpholine rings is 1. The number of nitrogens with two attached hydrogens (primary N) is 1. The number of hydrogen-bond acceptors (Lipinski definition) is 8. The second-order valence-corrected chi connectivity index (χ2v) is 11.2. The minimum absolute atomic E-state index is 0.104. The van der Waals surface area contributed by atoms with E-state index in [0.29, 0.717) is 62.0 Å². The van der Waals surface area contributed by atoms with Gasteiger partial charge in [-0.2, -0.15) is 0 Å². The molecular formula is C36H38N4O6. The predicted octanol–water partition coefficient (Wildman–Crippen LogP) is 5.66. The van der Waals surface area contributed by atoms with Crippen LogP contribution in [0.15, 0.2) is 91.0 Å². The molecule has 0 spiro atoms. The normalized spacial score (nSPS) is 13.7. The second-order valence-electron chi connectivity index (χ2n) is 11.2. The zero-order valence-corrected chi connectivity index (χ0v) is 25.7. The molecule has 4 aromatic rings. The van der Waals surface area contributed by atoms with Crippen molar-refractivity contribution in [1.29, 1.82) is 0 Å². The van der Waals surface area contributed by atoms with E-state index in [1.165, 1.54) is 0 Å². The van der Waals surface area contributed by atoms with E-state index in [1.54, 1.807) is 23.1 Å². The maximum absolute atomic E-state index is 13.6. The standard InChI is InChI=1S/C36H38N4O6/c37-14-5-15-40(35(41)30-11-13-33-34(22-30)46-25-45-33)23-27-8-4-9-28(20-27)29-10-12-32(39-16-18-43-19-17-39)31(21-29)38-36(42)44-24-26-6-2-1-3-7-26/h1-4,6-13,20-22H,5,14-19,23-25,37H2,(H,38,42). The first-order chi connectivity index (χ1) is 22.6. The van der Waals surface area contributed by atoms with Crippen LogP contribution in [0, 0.1) is 0 Å². The largest absolute Gasteiger partial charge is 0.454 e. The van der Waals surface area contributed by atoms with Crippen LogP contribution in [0.2, 0.25) is 0 Å². The molecule has 2 aliphatic rings. The van der Waals surface area contributed by atoms with Crippen LogP contribution in [0.25, 0.3) is 11.1 Å². The van der Waals surface area contributed by atoms with E-state index in [1.807, 2.05) is 66.7 Å². The Morgan fingerprint density at radius 3 is 2.46 bits per heavy atom. The molecular weight excluding hydrogens is 584 g/mol. The SMILES string of the molecule is NCCCN(Cc1cccc(-c2ccc(N3CCOCC3)c(NC(=O)OCc3ccccc3)c2)c1)C(=O)c1ccc2c(c1)OCO2. The van der Waals surface area contributed by atoms with E-state index in [-0.39, 0.29) is 19.3 Å². The molecule has 238 valence electrons. The van der Waals surface area contributed by atoms with Gasteiger partial charge in [0.1, 0.15) is 6.61 Å². The highest BCUT2D eigenvalue weighted by atomic mass is 16.7. The molecule has 6 rings (SSSR count). The zero-order chi connectivity index (χ0) is 31.7. The third kappa shape index (κ3) is 7.59. The number of nitrogens with one attached hydrogen (secondary N) is 1. The molecule has 1 saturated heterocycles. The van der Waals surface area contributed by atoms with Gasteiger partial charge in [0.05, 0.1) is 24.6 Å². The van der Waals surface area contributed by atoms with Gasteiger partial charge in [-0.1, -0.05) is 54.6 Å². The maximum atomic E-state index is 13.6. The fraction of sp³-hybridized carbons (Fsp3) is 0.278. The van der Waals surface area contributed by atoms with Crippen LogP contribution in [-0.2, 0) is 22.6 Å². The van der Waals surface area contributed by atoms with Crippen LogP contribution in [0.1, 0.15) is 27.9 Å². The number of nitrogens with zero attached hydrogens (tertiary/aromatic N) is 2. The summed E-state index contributed by atoms with van der Waals surface area (Å²) in [5, 5.41) is 2.98. The van der Waals surface area contributed by atoms with Gasteiger partial charge in [0, 0.05) is 31.7 Å². The Morgan fingerprint density at radius 1 is 0.848 bits per heavy atom. The fourth-order valence-corrected chi connectivity index (χ4v) is 5.58. The highest BCUT2D eigenvalue weighted by Crippen LogP contribution is 2.34. The average Bonchev–Trinajstić information content (AvgIpc) is 3.58. The Kier molecular flexibility index (Phi) is 9.97. The Labute approximate surface area is 268 Å². The molecule has 2 heterocycles. The van der Waals surface area contributed by atoms with Crippen molar-refractivity contribution in [3.63, 3.8) is 0 Å². The van der Waals surface area contributed by atoms with Crippen molar-refractivity contribution in [1.82, 2.24) is 4.90 Å². The summed E-state index contributed by atoms with van der Waals surface area (Å²) < 4.78 is 22.0. The van der Waals surface area contributed by atoms with Crippen LogP contribution in [0.4, 0.5) is 16.2 Å². The van der Waals surface area contributed by atoms with Crippen molar-refractivity contribution >= 4 is 23.4 Å². The van der Waals surface area contributed by atoms with Gasteiger partial charge < -0.3 is 34.5 Å². The predicted molar refractivity (Wildman–Crippen MR) is 176 cm³/mol. The number of anilines is 2. The monoisotopic (exact) mass is 622 g/mol. The molecule has 2 aliphatic heterocycles. The summed E-state index contributed by atoms with van der Waals surface area (Å²) in [6, 6.07) is 29.0. The summed E-state index contributed by atoms with van der Waals surface area (Å²) in [5.74, 6) is 1.10. The van der Waals surface area contributed by atoms with Crippen LogP contribution in [0.3, 0.4) is 0 Å². The first-order valence-electron chi connectivity index (χ1n) is 15.5. The summed E-state index contributed by atoms with van der Waals surface area (Å²) in [6.07, 6.45) is 0.149. The number of fused-ring (bicyclic) bond motifs is 1. The Morgan fingerprint density at radius 2 is 1.63 bits per heavy atom. The lowest BCUT2D eigenvalue weighted by molar-refractivity contribution is 0.0741. The lowest BCUT2D eigenvalue weighted by atomic mass is 10.0. The molecule has 0 aliphatic carbocycles. The van der Waals surface area contributed by atoms with Crippen LogP contribution >= 0.6 is 0 Å². The summed E-state index contributed by atoms with van der Waals surface area (Å²) in [5.41, 5.74) is 11.7. The Bertz CT molecular complexity index is 1660. The molecule has 2 amide bonds. The molecule has 0 atom stereocenters. The number of carbonyl (C=O) groups is 2. The second kappa shape index (κ2) is 14.8. The minimum Gasteiger partial charge on any atom is -0.454 e. The number of carbonyl (C=O) groups excluding carboxylic acids is 2. The highest BCUT2D eigenvalue weighted by Gasteiger charge is 2.21. The molecule has 0 bridgehead atoms. The van der Waals surface area contributed by atoms with Crippen molar-refractivity contribution in [3.05, 3.63) is 108 Å². The third-order valence-electron chi connectivity index (χ3n) is 7.97. The molecule has 3 N–H and O–H groups in total. The Hall–Kier alpha value is -5.06. The minimum atomic E-state index is -0.526. The molecule has 10 heteroatoms. The molecule has 0 radical (unpaired) electrons. The van der Waals surface area contributed by atoms with Gasteiger partial charge in [-0.05, 0) is 71.6 Å². The summed E-state index contributed by atoms with van der Waals surface area (Å²) in [7, 11) is 0. The smallest absolute Gasteiger partial charge is 0.412 e. The topological polar surface area (TPSA) is 116 Å². The van der Waals surface area contributed by atoms with Gasteiger partial charge in [-0.3, -0.25) is 10.1 Å². The molecule has 0 aromatic heterocycles. The van der Waals surface area contributed by atoms with E-state index in [9.17, 15) is 9.59 Å². The van der Waals surface area contributed by atoms with Crippen molar-refractivity contribution in [2.75, 3.05) is 56.4 Å². The average molecular weight is 623 g/mol. The van der Waals surface area contributed by atoms with E-state index < -0.39 is 6.09 Å². The van der Waals surface area contributed by atoms with Crippen molar-refractivity contribution in [2.45, 2.75) is 19.6 Å². The molecule has 10 nitrogen and oxygen atoms in total. The molecule has 0 unspecified atom stereocenters. The van der Waals surface area contributed by atoms with Crippen molar-refractivity contribution in [2.24, 2.45) is 5.73 Å². The van der Waals surface area contributed by atoms with Crippen LogP contribution < -0.4 is 25.4 Å². The molecule has 1 fully saturated rings. The maximum Gasteiger partial charge on any atom is 0.412 e. The molecule has 0 saturated carbocycles. The van der Waals surface area contributed by atoms with E-state index in [2.05, 4.69) is 16.3 Å². The van der Waals surface area contributed by atoms with Gasteiger partial charge >= 0.3 is 6.09 Å². The molecule has 4 aromatic carbocycles. The molecule has 46 heavy (non-hydrogen) atoms. The fourth-order valence-electron chi connectivity index (χ4n) is 5.58. The van der Waals surface area contributed by atoms with Gasteiger partial charge in [-0.25, -0.2) is 4.79 Å². The van der Waals surface area contributed by atoms with E-state index in [4.69, 9.17) is 24.7 Å². The number of ether oxygens (including phenoxy) is 4. The lowest BCUT2D eigenvalue weighted by Gasteiger charge is -2.30. The highest BCUT2D eigenvalue weighted by molar-refractivity contribution is 5.95. The first-order valence-corrected chi connectivity index (χ1v) is 15.5. The first kappa shape index (κ1) is 30.9. The van der Waals surface area contributed by atoms with Crippen LogP contribution in [0.5, 0.6) is 11.5 Å². The number of rotatable bonds is 11. The van der Waals surface area contributed by atoms with E-state index >= 15 is 0 Å². The van der Waals surface area contributed by atoms with Crippen LogP contribution in [-0.4, -0.2) is 63.1 Å². The summed E-state index contributed by atoms with van der Waals surface area (Å²) >= 11 is 0. The zero-order valence-electron chi connectivity index (χ0n) is 25.7. The lowest BCUT2D eigenvalue weighted by Crippen LogP contribution is -2.36. The Balaban J connectivity index is 1.22. The van der Waals surface area contributed by atoms with Crippen molar-refractivity contribution in [3.8, 4) is 22.6 Å². The third-order valence-corrected chi connectivity index (χ3v) is 7.97. The van der Waals surface area contributed by atoms with Gasteiger partial charge in [0.2, 0.25) is 6.79 Å². The summed E-state index contributed by atoms with van der Waals surface area (Å²) in [4.78, 5) is 30.6. The number of hydrogen-bond donors (Lipinski definition) is 2. The number of amides is 2. The van der Waals surface area contributed by atoms with Gasteiger partial charge in [-0.15, -0.1) is 0 Å². The van der Waals surface area contributed by atoms with Gasteiger partial charge in [0.25, 0.3) is 5.91 Å². The summed E-state index contributed by atoms with van der Waals surface area (Å²) in [6.45, 7) is 4.40. The number of benzene rings is 4. The van der Waals surface area contributed by atoms with Crippen molar-refractivity contribution < 1.29 is 28.5 Å². The van der Waals surface area contributed by atoms with E-state index in [0.717, 1.165) is 41.0 Å². The van der Waals surface area contributed by atoms with Gasteiger partial charge in [0.15, 0.2) is 11.5 Å². The quantitative estimate of drug-likeness (QED) is 0.220.